The molecule has 4 nitrogen and oxygen atoms in total. The second-order valence-electron chi connectivity index (χ2n) is 5.17. The zero-order chi connectivity index (χ0) is 14.1. The molecule has 1 aliphatic carbocycles. The number of aromatic nitrogens is 1. The molecule has 1 amide bonds. The summed E-state index contributed by atoms with van der Waals surface area (Å²) in [5, 5.41) is 8.95. The van der Waals surface area contributed by atoms with Crippen LogP contribution in [0.1, 0.15) is 51.8 Å². The van der Waals surface area contributed by atoms with E-state index in [4.69, 9.17) is 4.52 Å². The smallest absolute Gasteiger partial charge is 0.268 e. The van der Waals surface area contributed by atoms with Gasteiger partial charge in [-0.15, -0.1) is 11.3 Å². The van der Waals surface area contributed by atoms with Crippen LogP contribution in [0.3, 0.4) is 0 Å². The van der Waals surface area contributed by atoms with Gasteiger partial charge in [0.05, 0.1) is 10.6 Å². The number of nitrogens with one attached hydrogen (secondary N) is 1. The van der Waals surface area contributed by atoms with Gasteiger partial charge in [0.25, 0.3) is 5.91 Å². The van der Waals surface area contributed by atoms with E-state index in [0.717, 1.165) is 35.4 Å². The summed E-state index contributed by atoms with van der Waals surface area (Å²) in [6, 6.07) is 0. The Morgan fingerprint density at radius 1 is 1.45 bits per heavy atom. The molecule has 0 fully saturated rings. The third kappa shape index (κ3) is 2.26. The lowest BCUT2D eigenvalue weighted by Gasteiger charge is -2.12. The number of thiophene rings is 1. The van der Waals surface area contributed by atoms with Gasteiger partial charge in [0.15, 0.2) is 0 Å². The molecule has 0 aromatic carbocycles. The zero-order valence-corrected chi connectivity index (χ0v) is 12.6. The van der Waals surface area contributed by atoms with Crippen molar-refractivity contribution in [3.63, 3.8) is 0 Å². The van der Waals surface area contributed by atoms with Gasteiger partial charge in [0.2, 0.25) is 5.88 Å². The van der Waals surface area contributed by atoms with Crippen LogP contribution >= 0.6 is 11.3 Å². The summed E-state index contributed by atoms with van der Waals surface area (Å²) in [4.78, 5) is 13.2. The normalized spacial score (nSPS) is 14.1. The van der Waals surface area contributed by atoms with E-state index in [9.17, 15) is 4.79 Å². The number of hydrogen-bond donors (Lipinski definition) is 1. The van der Waals surface area contributed by atoms with Crippen LogP contribution < -0.4 is 5.32 Å². The molecule has 0 saturated heterocycles. The van der Waals surface area contributed by atoms with Gasteiger partial charge < -0.3 is 4.52 Å². The minimum atomic E-state index is -0.0694. The number of carbonyl (C=O) groups excluding carboxylic acids is 1. The van der Waals surface area contributed by atoms with E-state index >= 15 is 0 Å². The molecule has 2 aromatic rings. The predicted octanol–water partition coefficient (Wildman–Crippen LogP) is 3.74. The molecule has 0 spiro atoms. The molecule has 0 saturated carbocycles. The first-order chi connectivity index (χ1) is 9.70. The molecule has 3 rings (SSSR count). The topological polar surface area (TPSA) is 55.1 Å². The molecule has 2 aromatic heterocycles. The van der Waals surface area contributed by atoms with Crippen LogP contribution in [0.15, 0.2) is 9.90 Å². The van der Waals surface area contributed by atoms with Gasteiger partial charge in [-0.2, -0.15) is 0 Å². The second-order valence-corrected chi connectivity index (χ2v) is 6.05. The molecular formula is C15H18N2O2S. The molecule has 5 heteroatoms. The summed E-state index contributed by atoms with van der Waals surface area (Å²) < 4.78 is 5.22. The summed E-state index contributed by atoms with van der Waals surface area (Å²) in [5.74, 6) is 0.407. The molecule has 0 radical (unpaired) electrons. The van der Waals surface area contributed by atoms with Crippen LogP contribution in [-0.2, 0) is 19.3 Å². The van der Waals surface area contributed by atoms with Gasteiger partial charge in [-0.1, -0.05) is 12.1 Å². The molecular weight excluding hydrogens is 272 g/mol. The first-order valence-corrected chi connectivity index (χ1v) is 7.94. The maximum absolute atomic E-state index is 12.4. The Hall–Kier alpha value is -1.62. The van der Waals surface area contributed by atoms with Crippen molar-refractivity contribution < 1.29 is 9.32 Å². The Balaban J connectivity index is 1.82. The van der Waals surface area contributed by atoms with E-state index in [2.05, 4.69) is 15.9 Å². The van der Waals surface area contributed by atoms with E-state index in [1.807, 2.05) is 13.8 Å². The van der Waals surface area contributed by atoms with E-state index in [-0.39, 0.29) is 5.91 Å². The SMILES string of the molecule is CCc1noc(NC(=O)c2scc3c2CCCC3)c1C. The average molecular weight is 290 g/mol. The van der Waals surface area contributed by atoms with Crippen LogP contribution in [0.5, 0.6) is 0 Å². The van der Waals surface area contributed by atoms with Gasteiger partial charge in [-0.3, -0.25) is 10.1 Å². The molecule has 0 aliphatic heterocycles. The predicted molar refractivity (Wildman–Crippen MR) is 79.5 cm³/mol. The highest BCUT2D eigenvalue weighted by Gasteiger charge is 2.22. The first kappa shape index (κ1) is 13.4. The second kappa shape index (κ2) is 5.40. The van der Waals surface area contributed by atoms with E-state index in [1.165, 1.54) is 35.3 Å². The first-order valence-electron chi connectivity index (χ1n) is 7.06. The van der Waals surface area contributed by atoms with Crippen LogP contribution in [-0.4, -0.2) is 11.1 Å². The summed E-state index contributed by atoms with van der Waals surface area (Å²) in [6.07, 6.45) is 5.31. The Morgan fingerprint density at radius 2 is 2.25 bits per heavy atom. The number of rotatable bonds is 3. The number of carbonyl (C=O) groups is 1. The van der Waals surface area contributed by atoms with Crippen molar-refractivity contribution in [1.82, 2.24) is 5.16 Å². The fourth-order valence-electron chi connectivity index (χ4n) is 2.68. The third-order valence-electron chi connectivity index (χ3n) is 3.89. The molecule has 1 aliphatic rings. The van der Waals surface area contributed by atoms with Crippen molar-refractivity contribution in [1.29, 1.82) is 0 Å². The summed E-state index contributed by atoms with van der Waals surface area (Å²) >= 11 is 1.54. The van der Waals surface area contributed by atoms with Crippen molar-refractivity contribution in [2.45, 2.75) is 46.0 Å². The van der Waals surface area contributed by atoms with Crippen molar-refractivity contribution in [3.05, 3.63) is 32.6 Å². The molecule has 0 bridgehead atoms. The van der Waals surface area contributed by atoms with Gasteiger partial charge in [-0.25, -0.2) is 0 Å². The van der Waals surface area contributed by atoms with Gasteiger partial charge in [0, 0.05) is 5.56 Å². The van der Waals surface area contributed by atoms with Gasteiger partial charge >= 0.3 is 0 Å². The molecule has 106 valence electrons. The van der Waals surface area contributed by atoms with Crippen LogP contribution in [0, 0.1) is 6.92 Å². The van der Waals surface area contributed by atoms with E-state index < -0.39 is 0 Å². The van der Waals surface area contributed by atoms with Crippen molar-refractivity contribution in [2.75, 3.05) is 5.32 Å². The van der Waals surface area contributed by atoms with Gasteiger partial charge in [-0.05, 0) is 55.5 Å². The number of hydrogen-bond acceptors (Lipinski definition) is 4. The highest BCUT2D eigenvalue weighted by molar-refractivity contribution is 7.12. The van der Waals surface area contributed by atoms with Crippen molar-refractivity contribution in [2.24, 2.45) is 0 Å². The molecule has 2 heterocycles. The lowest BCUT2D eigenvalue weighted by molar-refractivity contribution is 0.102. The fraction of sp³-hybridized carbons (Fsp3) is 0.467. The van der Waals surface area contributed by atoms with Crippen molar-refractivity contribution in [3.8, 4) is 0 Å². The minimum absolute atomic E-state index is 0.0694. The average Bonchev–Trinajstić information content (AvgIpc) is 3.03. The molecule has 0 atom stereocenters. The van der Waals surface area contributed by atoms with Crippen LogP contribution in [0.4, 0.5) is 5.88 Å². The molecule has 1 N–H and O–H groups in total. The number of anilines is 1. The van der Waals surface area contributed by atoms with E-state index in [0.29, 0.717) is 5.88 Å². The number of fused-ring (bicyclic) bond motifs is 1. The molecule has 20 heavy (non-hydrogen) atoms. The Bertz CT molecular complexity index is 642. The third-order valence-corrected chi connectivity index (χ3v) is 4.96. The Morgan fingerprint density at radius 3 is 3.00 bits per heavy atom. The van der Waals surface area contributed by atoms with E-state index in [1.54, 1.807) is 0 Å². The largest absolute Gasteiger partial charge is 0.338 e. The standard InChI is InChI=1S/C15H18N2O2S/c1-3-12-9(2)15(19-17-12)16-14(18)13-11-7-5-4-6-10(11)8-20-13/h8H,3-7H2,1-2H3,(H,16,18). The zero-order valence-electron chi connectivity index (χ0n) is 11.8. The quantitative estimate of drug-likeness (QED) is 0.937. The lowest BCUT2D eigenvalue weighted by atomic mass is 9.94. The maximum atomic E-state index is 12.4. The number of nitrogens with zero attached hydrogens (tertiary/aromatic N) is 1. The summed E-state index contributed by atoms with van der Waals surface area (Å²) in [6.45, 7) is 3.95. The number of aryl methyl sites for hydroxylation is 2. The number of amides is 1. The monoisotopic (exact) mass is 290 g/mol. The van der Waals surface area contributed by atoms with Crippen LogP contribution in [0.2, 0.25) is 0 Å². The maximum Gasteiger partial charge on any atom is 0.268 e. The molecule has 0 unspecified atom stereocenters. The fourth-order valence-corrected chi connectivity index (χ4v) is 3.74. The summed E-state index contributed by atoms with van der Waals surface area (Å²) in [7, 11) is 0. The Kier molecular flexibility index (Phi) is 3.61. The summed E-state index contributed by atoms with van der Waals surface area (Å²) in [5.41, 5.74) is 4.39. The van der Waals surface area contributed by atoms with Crippen LogP contribution in [0.25, 0.3) is 0 Å². The highest BCUT2D eigenvalue weighted by atomic mass is 32.1. The highest BCUT2D eigenvalue weighted by Crippen LogP contribution is 2.30. The van der Waals surface area contributed by atoms with Crippen molar-refractivity contribution >= 4 is 23.1 Å². The Labute approximate surface area is 122 Å². The van der Waals surface area contributed by atoms with Gasteiger partial charge in [0.1, 0.15) is 0 Å². The lowest BCUT2D eigenvalue weighted by Crippen LogP contribution is -2.14. The minimum Gasteiger partial charge on any atom is -0.338 e.